The summed E-state index contributed by atoms with van der Waals surface area (Å²) in [5.74, 6) is -0.195. The minimum absolute atomic E-state index is 0.0147. The molecular formula is C26H27N3O3S2. The summed E-state index contributed by atoms with van der Waals surface area (Å²) in [6.45, 7) is 3.31. The summed E-state index contributed by atoms with van der Waals surface area (Å²) in [6.07, 6.45) is 6.72. The van der Waals surface area contributed by atoms with E-state index in [0.717, 1.165) is 49.2 Å². The van der Waals surface area contributed by atoms with Crippen molar-refractivity contribution < 1.29 is 14.7 Å². The van der Waals surface area contributed by atoms with Crippen LogP contribution in [-0.2, 0) is 12.8 Å². The number of carbonyl (C=O) groups is 2. The zero-order valence-electron chi connectivity index (χ0n) is 19.1. The van der Waals surface area contributed by atoms with Crippen LogP contribution in [0.5, 0.6) is 5.75 Å². The molecule has 1 saturated heterocycles. The Balaban J connectivity index is 1.28. The molecule has 0 spiro atoms. The van der Waals surface area contributed by atoms with Gasteiger partial charge in [-0.2, -0.15) is 5.10 Å². The number of aryl methyl sites for hydroxylation is 2. The molecule has 2 aliphatic rings. The molecule has 0 radical (unpaired) electrons. The Morgan fingerprint density at radius 3 is 2.53 bits per heavy atom. The monoisotopic (exact) mass is 493 g/mol. The third-order valence-corrected chi connectivity index (χ3v) is 8.61. The Kier molecular flexibility index (Phi) is 6.52. The Labute approximate surface area is 206 Å². The molecular weight excluding hydrogens is 466 g/mol. The second-order valence-corrected chi connectivity index (χ2v) is 10.8. The predicted molar refractivity (Wildman–Crippen MR) is 137 cm³/mol. The summed E-state index contributed by atoms with van der Waals surface area (Å²) < 4.78 is 0. The predicted octanol–water partition coefficient (Wildman–Crippen LogP) is 5.45. The van der Waals surface area contributed by atoms with E-state index in [0.29, 0.717) is 21.0 Å². The van der Waals surface area contributed by atoms with Crippen molar-refractivity contribution in [1.29, 1.82) is 0 Å². The number of nitrogens with zero attached hydrogens (tertiary/aromatic N) is 2. The second-order valence-electron chi connectivity index (χ2n) is 8.82. The molecule has 1 fully saturated rings. The van der Waals surface area contributed by atoms with Crippen LogP contribution in [0.2, 0.25) is 0 Å². The van der Waals surface area contributed by atoms with Crippen molar-refractivity contribution in [3.63, 3.8) is 0 Å². The van der Waals surface area contributed by atoms with E-state index in [2.05, 4.69) is 28.7 Å². The van der Waals surface area contributed by atoms with Crippen molar-refractivity contribution >= 4 is 40.2 Å². The molecule has 5 rings (SSSR count). The lowest BCUT2D eigenvalue weighted by atomic mass is 9.90. The van der Waals surface area contributed by atoms with E-state index in [-0.39, 0.29) is 17.6 Å². The zero-order valence-corrected chi connectivity index (χ0v) is 20.7. The van der Waals surface area contributed by atoms with Gasteiger partial charge >= 0.3 is 0 Å². The van der Waals surface area contributed by atoms with Crippen molar-refractivity contribution in [2.24, 2.45) is 5.10 Å². The number of carbonyl (C=O) groups excluding carboxylic acids is 2. The number of hydrogen-bond donors (Lipinski definition) is 2. The fourth-order valence-electron chi connectivity index (χ4n) is 4.59. The molecule has 8 heteroatoms. The van der Waals surface area contributed by atoms with Gasteiger partial charge in [0.05, 0.1) is 25.9 Å². The van der Waals surface area contributed by atoms with Gasteiger partial charge in [0.25, 0.3) is 11.8 Å². The average molecular weight is 494 g/mol. The van der Waals surface area contributed by atoms with Gasteiger partial charge in [0.2, 0.25) is 0 Å². The van der Waals surface area contributed by atoms with Crippen molar-refractivity contribution in [1.82, 2.24) is 10.3 Å². The second kappa shape index (κ2) is 9.72. The number of fused-ring (bicyclic) bond motifs is 1. The summed E-state index contributed by atoms with van der Waals surface area (Å²) in [7, 11) is 0. The fraction of sp³-hybridized carbons (Fsp3) is 0.346. The molecule has 1 aromatic carbocycles. The number of rotatable bonds is 5. The van der Waals surface area contributed by atoms with Crippen molar-refractivity contribution in [3.8, 4) is 16.2 Å². The molecule has 176 valence electrons. The molecule has 34 heavy (non-hydrogen) atoms. The lowest BCUT2D eigenvalue weighted by molar-refractivity contribution is 0.0797. The van der Waals surface area contributed by atoms with E-state index >= 15 is 0 Å². The van der Waals surface area contributed by atoms with Gasteiger partial charge in [-0.15, -0.1) is 22.7 Å². The lowest BCUT2D eigenvalue weighted by Gasteiger charge is -2.16. The van der Waals surface area contributed by atoms with Gasteiger partial charge in [-0.1, -0.05) is 12.1 Å². The molecule has 3 heterocycles. The van der Waals surface area contributed by atoms with Crippen molar-refractivity contribution in [2.45, 2.75) is 45.4 Å². The number of hydrogen-bond acceptors (Lipinski definition) is 6. The van der Waals surface area contributed by atoms with Crippen LogP contribution in [-0.4, -0.2) is 40.6 Å². The maximum Gasteiger partial charge on any atom is 0.281 e. The molecule has 1 aliphatic heterocycles. The smallest absolute Gasteiger partial charge is 0.281 e. The largest absolute Gasteiger partial charge is 0.506 e. The van der Waals surface area contributed by atoms with Crippen molar-refractivity contribution in [3.05, 3.63) is 62.2 Å². The molecule has 2 N–H and O–H groups in total. The highest BCUT2D eigenvalue weighted by molar-refractivity contribution is 7.16. The first kappa shape index (κ1) is 22.8. The SMILES string of the molecule is C/C(=N\NC(=O)c1ccc(C(=O)N2CCCC2)s1)c1csc(-c2ccc3c(c2)CCCC3)c1O. The number of aromatic hydroxyl groups is 1. The topological polar surface area (TPSA) is 82.0 Å². The van der Waals surface area contributed by atoms with Crippen molar-refractivity contribution in [2.75, 3.05) is 13.1 Å². The Bertz CT molecular complexity index is 1270. The van der Waals surface area contributed by atoms with Gasteiger partial charge < -0.3 is 10.0 Å². The van der Waals surface area contributed by atoms with E-state index in [1.54, 1.807) is 19.1 Å². The molecule has 0 saturated carbocycles. The summed E-state index contributed by atoms with van der Waals surface area (Å²) in [5, 5.41) is 17.0. The molecule has 2 amide bonds. The van der Waals surface area contributed by atoms with Gasteiger partial charge in [-0.3, -0.25) is 9.59 Å². The minimum Gasteiger partial charge on any atom is -0.506 e. The summed E-state index contributed by atoms with van der Waals surface area (Å²) >= 11 is 2.65. The maximum atomic E-state index is 12.6. The van der Waals surface area contributed by atoms with Crippen LogP contribution in [0.4, 0.5) is 0 Å². The Morgan fingerprint density at radius 2 is 1.74 bits per heavy atom. The van der Waals surface area contributed by atoms with E-state index in [1.165, 1.54) is 46.6 Å². The summed E-state index contributed by atoms with van der Waals surface area (Å²) in [4.78, 5) is 28.8. The van der Waals surface area contributed by atoms with Gasteiger partial charge in [0.15, 0.2) is 0 Å². The molecule has 1 aliphatic carbocycles. The average Bonchev–Trinajstić information content (AvgIpc) is 3.63. The van der Waals surface area contributed by atoms with E-state index in [9.17, 15) is 14.7 Å². The van der Waals surface area contributed by atoms with E-state index in [4.69, 9.17) is 0 Å². The highest BCUT2D eigenvalue weighted by Crippen LogP contribution is 2.40. The number of amides is 2. The number of benzene rings is 1. The zero-order chi connectivity index (χ0) is 23.7. The standard InChI is InChI=1S/C26H27N3O3S2/c1-16(27-28-25(31)21-10-11-22(34-21)26(32)29-12-4-5-13-29)20-15-33-24(23(20)30)19-9-8-17-6-2-3-7-18(17)14-19/h8-11,14-15,30H,2-7,12-13H2,1H3,(H,28,31)/b27-16+. The summed E-state index contributed by atoms with van der Waals surface area (Å²) in [5.41, 5.74) is 7.49. The van der Waals surface area contributed by atoms with Crippen LogP contribution in [0, 0.1) is 0 Å². The van der Waals surface area contributed by atoms with Crippen LogP contribution in [0.15, 0.2) is 40.8 Å². The van der Waals surface area contributed by atoms with Crippen LogP contribution in [0.25, 0.3) is 10.4 Å². The van der Waals surface area contributed by atoms with Gasteiger partial charge in [-0.05, 0) is 80.3 Å². The summed E-state index contributed by atoms with van der Waals surface area (Å²) in [6, 6.07) is 9.80. The highest BCUT2D eigenvalue weighted by Gasteiger charge is 2.22. The third kappa shape index (κ3) is 4.52. The van der Waals surface area contributed by atoms with E-state index in [1.807, 2.05) is 10.3 Å². The van der Waals surface area contributed by atoms with Crippen LogP contribution >= 0.6 is 22.7 Å². The molecule has 6 nitrogen and oxygen atoms in total. The third-order valence-electron chi connectivity index (χ3n) is 6.52. The van der Waals surface area contributed by atoms with Crippen LogP contribution in [0.3, 0.4) is 0 Å². The van der Waals surface area contributed by atoms with Crippen LogP contribution < -0.4 is 5.43 Å². The minimum atomic E-state index is -0.366. The quantitative estimate of drug-likeness (QED) is 0.366. The maximum absolute atomic E-state index is 12.6. The highest BCUT2D eigenvalue weighted by atomic mass is 32.1. The number of thiophene rings is 2. The number of hydrazone groups is 1. The molecule has 0 unspecified atom stereocenters. The number of nitrogens with one attached hydrogen (secondary N) is 1. The Morgan fingerprint density at radius 1 is 1.00 bits per heavy atom. The van der Waals surface area contributed by atoms with Gasteiger partial charge in [0, 0.05) is 18.5 Å². The molecule has 2 aromatic heterocycles. The molecule has 0 bridgehead atoms. The first-order chi connectivity index (χ1) is 16.5. The van der Waals surface area contributed by atoms with Crippen LogP contribution in [0.1, 0.15) is 68.6 Å². The lowest BCUT2D eigenvalue weighted by Crippen LogP contribution is -2.26. The first-order valence-electron chi connectivity index (χ1n) is 11.7. The normalized spacial score (nSPS) is 15.9. The fourth-order valence-corrected chi connectivity index (χ4v) is 6.46. The first-order valence-corrected chi connectivity index (χ1v) is 13.4. The van der Waals surface area contributed by atoms with Gasteiger partial charge in [0.1, 0.15) is 5.75 Å². The number of likely N-dealkylation sites (tertiary alicyclic amines) is 1. The van der Waals surface area contributed by atoms with E-state index < -0.39 is 0 Å². The Hall–Kier alpha value is -2.97. The molecule has 0 atom stereocenters. The van der Waals surface area contributed by atoms with Gasteiger partial charge in [-0.25, -0.2) is 5.43 Å². The molecule has 3 aromatic rings.